The van der Waals surface area contributed by atoms with Crippen molar-refractivity contribution < 1.29 is 19.2 Å². The molecule has 0 N–H and O–H groups in total. The van der Waals surface area contributed by atoms with Crippen molar-refractivity contribution in [2.75, 3.05) is 37.7 Å². The molecule has 0 unspecified atom stereocenters. The first-order valence-corrected chi connectivity index (χ1v) is 8.88. The van der Waals surface area contributed by atoms with Gasteiger partial charge in [0.2, 0.25) is 0 Å². The molecule has 1 aliphatic heterocycles. The first-order valence-electron chi connectivity index (χ1n) is 8.50. The maximum absolute atomic E-state index is 12.2. The third kappa shape index (κ3) is 4.07. The van der Waals surface area contributed by atoms with Crippen molar-refractivity contribution in [1.82, 2.24) is 4.90 Å². The van der Waals surface area contributed by atoms with Crippen LogP contribution in [0.3, 0.4) is 0 Å². The van der Waals surface area contributed by atoms with Crippen molar-refractivity contribution >= 4 is 34.9 Å². The van der Waals surface area contributed by atoms with Gasteiger partial charge >= 0.3 is 5.97 Å². The van der Waals surface area contributed by atoms with Gasteiger partial charge in [-0.3, -0.25) is 19.7 Å². The summed E-state index contributed by atoms with van der Waals surface area (Å²) < 4.78 is 5.08. The van der Waals surface area contributed by atoms with Gasteiger partial charge in [0.25, 0.3) is 11.6 Å². The highest BCUT2D eigenvalue weighted by Crippen LogP contribution is 2.38. The second kappa shape index (κ2) is 7.49. The van der Waals surface area contributed by atoms with Gasteiger partial charge in [0.05, 0.1) is 10.8 Å². The number of nitrogens with zero attached hydrogens (tertiary/aromatic N) is 3. The third-order valence-corrected chi connectivity index (χ3v) is 5.09. The maximum atomic E-state index is 12.2. The molecular weight excluding hydrogens is 362 g/mol. The first kappa shape index (κ1) is 18.4. The number of nitro groups is 1. The fraction of sp³-hybridized carbons (Fsp3) is 0.529. The van der Waals surface area contributed by atoms with Crippen LogP contribution in [-0.2, 0) is 14.3 Å². The molecule has 0 radical (unpaired) electrons. The monoisotopic (exact) mass is 381 g/mol. The number of esters is 1. The Morgan fingerprint density at radius 2 is 1.96 bits per heavy atom. The molecule has 1 saturated carbocycles. The summed E-state index contributed by atoms with van der Waals surface area (Å²) in [5.74, 6) is -0.264. The lowest BCUT2D eigenvalue weighted by atomic mass is 10.2. The van der Waals surface area contributed by atoms with Crippen molar-refractivity contribution in [3.05, 3.63) is 33.3 Å². The van der Waals surface area contributed by atoms with E-state index < -0.39 is 4.92 Å². The number of amides is 1. The van der Waals surface area contributed by atoms with Crippen LogP contribution in [0.5, 0.6) is 0 Å². The van der Waals surface area contributed by atoms with E-state index in [2.05, 4.69) is 0 Å². The van der Waals surface area contributed by atoms with E-state index in [4.69, 9.17) is 16.3 Å². The molecule has 1 aliphatic carbocycles. The van der Waals surface area contributed by atoms with Crippen molar-refractivity contribution in [2.45, 2.75) is 13.3 Å². The molecule has 140 valence electrons. The average Bonchev–Trinajstić information content (AvgIpc) is 3.36. The number of ether oxygens (including phenoxy) is 1. The van der Waals surface area contributed by atoms with E-state index in [1.807, 2.05) is 11.8 Å². The molecule has 0 aromatic heterocycles. The van der Waals surface area contributed by atoms with Crippen LogP contribution in [0.2, 0.25) is 5.02 Å². The maximum Gasteiger partial charge on any atom is 0.309 e. The molecule has 0 spiro atoms. The van der Waals surface area contributed by atoms with E-state index in [1.54, 1.807) is 17.0 Å². The van der Waals surface area contributed by atoms with E-state index in [-0.39, 0.29) is 30.1 Å². The second-order valence-electron chi connectivity index (χ2n) is 6.69. The number of halogens is 1. The molecule has 2 fully saturated rings. The summed E-state index contributed by atoms with van der Waals surface area (Å²) in [4.78, 5) is 38.1. The first-order chi connectivity index (χ1) is 12.4. The minimum atomic E-state index is -0.461. The van der Waals surface area contributed by atoms with Crippen molar-refractivity contribution in [3.63, 3.8) is 0 Å². The Hall–Kier alpha value is -2.35. The van der Waals surface area contributed by atoms with Gasteiger partial charge in [-0.1, -0.05) is 18.5 Å². The predicted molar refractivity (Wildman–Crippen MR) is 95.1 cm³/mol. The van der Waals surface area contributed by atoms with E-state index in [9.17, 15) is 19.7 Å². The minimum Gasteiger partial charge on any atom is -0.455 e. The highest BCUT2D eigenvalue weighted by atomic mass is 35.5. The van der Waals surface area contributed by atoms with Crippen LogP contribution >= 0.6 is 11.6 Å². The van der Waals surface area contributed by atoms with Crippen LogP contribution in [0.1, 0.15) is 13.3 Å². The Balaban J connectivity index is 1.53. The summed E-state index contributed by atoms with van der Waals surface area (Å²) in [6, 6.07) is 4.56. The average molecular weight is 382 g/mol. The van der Waals surface area contributed by atoms with Gasteiger partial charge in [-0.05, 0) is 24.5 Å². The molecule has 8 nitrogen and oxygen atoms in total. The Morgan fingerprint density at radius 3 is 2.54 bits per heavy atom. The Kier molecular flexibility index (Phi) is 5.31. The highest BCUT2D eigenvalue weighted by molar-refractivity contribution is 6.30. The normalized spacial score (nSPS) is 22.1. The van der Waals surface area contributed by atoms with Crippen LogP contribution in [0.4, 0.5) is 11.4 Å². The number of carbonyl (C=O) groups is 2. The second-order valence-corrected chi connectivity index (χ2v) is 7.12. The lowest BCUT2D eigenvalue weighted by molar-refractivity contribution is -0.384. The van der Waals surface area contributed by atoms with Crippen molar-refractivity contribution in [1.29, 1.82) is 0 Å². The molecule has 0 bridgehead atoms. The quantitative estimate of drug-likeness (QED) is 0.440. The van der Waals surface area contributed by atoms with E-state index >= 15 is 0 Å². The van der Waals surface area contributed by atoms with Gasteiger partial charge in [-0.2, -0.15) is 0 Å². The summed E-state index contributed by atoms with van der Waals surface area (Å²) in [7, 11) is 0. The van der Waals surface area contributed by atoms with Gasteiger partial charge in [-0.25, -0.2) is 0 Å². The summed E-state index contributed by atoms with van der Waals surface area (Å²) in [6.07, 6.45) is 0.825. The van der Waals surface area contributed by atoms with E-state index in [1.165, 1.54) is 6.07 Å². The molecule has 1 heterocycles. The van der Waals surface area contributed by atoms with Crippen LogP contribution in [-0.4, -0.2) is 54.5 Å². The van der Waals surface area contributed by atoms with Gasteiger partial charge in [-0.15, -0.1) is 0 Å². The fourth-order valence-electron chi connectivity index (χ4n) is 3.09. The smallest absolute Gasteiger partial charge is 0.309 e. The van der Waals surface area contributed by atoms with Crippen molar-refractivity contribution in [3.8, 4) is 0 Å². The number of rotatable bonds is 5. The number of hydrogen-bond donors (Lipinski definition) is 0. The summed E-state index contributed by atoms with van der Waals surface area (Å²) in [5, 5.41) is 11.5. The molecule has 3 rings (SSSR count). The largest absolute Gasteiger partial charge is 0.455 e. The zero-order chi connectivity index (χ0) is 18.8. The number of benzene rings is 1. The molecule has 2 aliphatic rings. The van der Waals surface area contributed by atoms with Crippen LogP contribution in [0, 0.1) is 22.0 Å². The zero-order valence-corrected chi connectivity index (χ0v) is 15.1. The summed E-state index contributed by atoms with van der Waals surface area (Å²) in [6.45, 7) is 3.47. The molecule has 1 aromatic rings. The minimum absolute atomic E-state index is 0.0511. The lowest BCUT2D eigenvalue weighted by Crippen LogP contribution is -2.50. The van der Waals surface area contributed by atoms with E-state index in [0.29, 0.717) is 42.8 Å². The molecule has 1 aromatic carbocycles. The van der Waals surface area contributed by atoms with Gasteiger partial charge in [0.1, 0.15) is 5.69 Å². The lowest BCUT2D eigenvalue weighted by Gasteiger charge is -2.35. The Labute approximate surface area is 155 Å². The van der Waals surface area contributed by atoms with Crippen LogP contribution in [0.25, 0.3) is 0 Å². The number of carbonyl (C=O) groups excluding carboxylic acids is 2. The van der Waals surface area contributed by atoms with Crippen LogP contribution < -0.4 is 4.90 Å². The SMILES string of the molecule is C[C@H]1C[C@@H]1C(=O)OCC(=O)N1CCN(c2ccc(Cl)cc2[N+](=O)[O-])CC1. The number of anilines is 1. The number of piperazine rings is 1. The third-order valence-electron chi connectivity index (χ3n) is 4.86. The molecule has 1 amide bonds. The number of nitro benzene ring substituents is 1. The molecular formula is C17H20ClN3O5. The Morgan fingerprint density at radius 1 is 1.31 bits per heavy atom. The fourth-order valence-corrected chi connectivity index (χ4v) is 3.26. The van der Waals surface area contributed by atoms with E-state index in [0.717, 1.165) is 6.42 Å². The number of hydrogen-bond acceptors (Lipinski definition) is 6. The summed E-state index contributed by atoms with van der Waals surface area (Å²) >= 11 is 5.84. The van der Waals surface area contributed by atoms with Crippen LogP contribution in [0.15, 0.2) is 18.2 Å². The van der Waals surface area contributed by atoms with Gasteiger partial charge in [0, 0.05) is 37.3 Å². The topological polar surface area (TPSA) is 93.0 Å². The van der Waals surface area contributed by atoms with Gasteiger partial charge < -0.3 is 14.5 Å². The highest BCUT2D eigenvalue weighted by Gasteiger charge is 2.40. The molecule has 26 heavy (non-hydrogen) atoms. The standard InChI is InChI=1S/C17H20ClN3O5/c1-11-8-13(11)17(23)26-10-16(22)20-6-4-19(5-7-20)14-3-2-12(18)9-15(14)21(24)25/h2-3,9,11,13H,4-8,10H2,1H3/t11-,13-/m0/s1. The van der Waals surface area contributed by atoms with Crippen molar-refractivity contribution in [2.24, 2.45) is 11.8 Å². The molecule has 9 heteroatoms. The Bertz CT molecular complexity index is 733. The predicted octanol–water partition coefficient (Wildman–Crippen LogP) is 2.10. The molecule has 2 atom stereocenters. The van der Waals surface area contributed by atoms with Gasteiger partial charge in [0.15, 0.2) is 6.61 Å². The molecule has 1 saturated heterocycles. The summed E-state index contributed by atoms with van der Waals surface area (Å²) in [5.41, 5.74) is 0.436. The zero-order valence-electron chi connectivity index (χ0n) is 14.4.